The van der Waals surface area contributed by atoms with Gasteiger partial charge in [-0.25, -0.2) is 0 Å². The average molecular weight is 291 g/mol. The summed E-state index contributed by atoms with van der Waals surface area (Å²) in [4.78, 5) is 14.4. The Bertz CT molecular complexity index is 389. The van der Waals surface area contributed by atoms with Crippen LogP contribution in [0.1, 0.15) is 25.7 Å². The van der Waals surface area contributed by atoms with Crippen molar-refractivity contribution >= 4 is 5.91 Å². The fraction of sp³-hybridized carbons (Fsp3) is 0.923. The summed E-state index contributed by atoms with van der Waals surface area (Å²) in [6.45, 7) is 1.51. The van der Waals surface area contributed by atoms with E-state index < -0.39 is 17.5 Å². The Morgan fingerprint density at radius 1 is 1.30 bits per heavy atom. The van der Waals surface area contributed by atoms with Crippen molar-refractivity contribution in [1.29, 1.82) is 0 Å². The van der Waals surface area contributed by atoms with Gasteiger partial charge in [-0.1, -0.05) is 0 Å². The Morgan fingerprint density at radius 2 is 2.05 bits per heavy atom. The summed E-state index contributed by atoms with van der Waals surface area (Å²) in [5, 5.41) is 5.31. The zero-order valence-corrected chi connectivity index (χ0v) is 11.3. The molecule has 2 atom stereocenters. The largest absolute Gasteiger partial charge is 0.404 e. The van der Waals surface area contributed by atoms with E-state index in [-0.39, 0.29) is 25.6 Å². The van der Waals surface area contributed by atoms with Crippen molar-refractivity contribution < 1.29 is 18.0 Å². The maximum atomic E-state index is 13.2. The molecule has 2 heterocycles. The number of halogens is 3. The van der Waals surface area contributed by atoms with E-state index in [2.05, 4.69) is 15.5 Å². The van der Waals surface area contributed by atoms with Gasteiger partial charge in [-0.15, -0.1) is 0 Å². The zero-order valence-electron chi connectivity index (χ0n) is 11.3. The average Bonchev–Trinajstić information content (AvgIpc) is 2.91. The van der Waals surface area contributed by atoms with Gasteiger partial charge in [-0.2, -0.15) is 13.2 Å². The topological polar surface area (TPSA) is 44.4 Å². The molecule has 1 amide bonds. The second-order valence-electron chi connectivity index (χ2n) is 6.19. The summed E-state index contributed by atoms with van der Waals surface area (Å²) >= 11 is 0. The Kier molecular flexibility index (Phi) is 3.44. The Balaban J connectivity index is 1.63. The third-order valence-corrected chi connectivity index (χ3v) is 4.75. The highest BCUT2D eigenvalue weighted by molar-refractivity contribution is 5.84. The maximum Gasteiger partial charge on any atom is 0.404 e. The zero-order chi connectivity index (χ0) is 14.4. The standard InChI is InChI=1S/C13H20F3N3O/c14-13(15,16)12(4-5-17-8-12)11(20)18-9-3-6-19(7-9)10-1-2-10/h9-10,17H,1-8H2,(H,18,20). The van der Waals surface area contributed by atoms with Crippen molar-refractivity contribution in [1.82, 2.24) is 15.5 Å². The monoisotopic (exact) mass is 291 g/mol. The lowest BCUT2D eigenvalue weighted by Crippen LogP contribution is -2.54. The van der Waals surface area contributed by atoms with Gasteiger partial charge in [0, 0.05) is 31.7 Å². The molecule has 7 heteroatoms. The Morgan fingerprint density at radius 3 is 2.60 bits per heavy atom. The Hall–Kier alpha value is -0.820. The van der Waals surface area contributed by atoms with Crippen LogP contribution in [0.4, 0.5) is 13.2 Å². The van der Waals surface area contributed by atoms with Crippen LogP contribution in [-0.2, 0) is 4.79 Å². The van der Waals surface area contributed by atoms with E-state index in [0.29, 0.717) is 12.6 Å². The van der Waals surface area contributed by atoms with Crippen LogP contribution < -0.4 is 10.6 Å². The van der Waals surface area contributed by atoms with Crippen LogP contribution in [0.2, 0.25) is 0 Å². The smallest absolute Gasteiger partial charge is 0.351 e. The molecule has 2 N–H and O–H groups in total. The van der Waals surface area contributed by atoms with Gasteiger partial charge in [0.05, 0.1) is 0 Å². The highest BCUT2D eigenvalue weighted by Gasteiger charge is 2.61. The molecule has 1 aliphatic carbocycles. The summed E-state index contributed by atoms with van der Waals surface area (Å²) in [6, 6.07) is 0.463. The number of carbonyl (C=O) groups excluding carboxylic acids is 1. The van der Waals surface area contributed by atoms with Crippen LogP contribution in [0.3, 0.4) is 0 Å². The molecule has 0 aromatic rings. The molecule has 4 nitrogen and oxygen atoms in total. The van der Waals surface area contributed by atoms with Gasteiger partial charge in [0.1, 0.15) is 0 Å². The fourth-order valence-corrected chi connectivity index (χ4v) is 3.26. The third-order valence-electron chi connectivity index (χ3n) is 4.75. The first kappa shape index (κ1) is 14.1. The van der Waals surface area contributed by atoms with E-state index >= 15 is 0 Å². The minimum absolute atomic E-state index is 0.136. The molecule has 0 radical (unpaired) electrons. The van der Waals surface area contributed by atoms with Gasteiger partial charge in [0.25, 0.3) is 0 Å². The molecule has 2 saturated heterocycles. The second kappa shape index (κ2) is 4.87. The van der Waals surface area contributed by atoms with Gasteiger partial charge in [0.2, 0.25) is 5.91 Å². The Labute approximate surface area is 116 Å². The first-order valence-corrected chi connectivity index (χ1v) is 7.25. The number of hydrogen-bond donors (Lipinski definition) is 2. The van der Waals surface area contributed by atoms with E-state index in [1.54, 1.807) is 0 Å². The molecule has 3 fully saturated rings. The summed E-state index contributed by atoms with van der Waals surface area (Å²) in [5.74, 6) is -0.849. The number of amides is 1. The third kappa shape index (κ3) is 2.41. The van der Waals surface area contributed by atoms with Crippen LogP contribution in [0.25, 0.3) is 0 Å². The SMILES string of the molecule is O=C(NC1CCN(C2CC2)C1)C1(C(F)(F)F)CCNC1. The van der Waals surface area contributed by atoms with E-state index in [1.165, 1.54) is 12.8 Å². The molecular formula is C13H20F3N3O. The van der Waals surface area contributed by atoms with Crippen molar-refractivity contribution in [2.24, 2.45) is 5.41 Å². The van der Waals surface area contributed by atoms with Crippen molar-refractivity contribution in [2.45, 2.75) is 43.9 Å². The minimum atomic E-state index is -4.49. The quantitative estimate of drug-likeness (QED) is 0.811. The number of carbonyl (C=O) groups is 1. The molecule has 3 rings (SSSR count). The van der Waals surface area contributed by atoms with Crippen LogP contribution in [0.15, 0.2) is 0 Å². The summed E-state index contributed by atoms with van der Waals surface area (Å²) in [6.07, 6.45) is -1.55. The summed E-state index contributed by atoms with van der Waals surface area (Å²) in [5.41, 5.74) is -2.24. The first-order valence-electron chi connectivity index (χ1n) is 7.25. The van der Waals surface area contributed by atoms with Crippen LogP contribution in [0.5, 0.6) is 0 Å². The lowest BCUT2D eigenvalue weighted by atomic mass is 9.85. The van der Waals surface area contributed by atoms with Crippen molar-refractivity contribution in [2.75, 3.05) is 26.2 Å². The molecule has 0 spiro atoms. The van der Waals surface area contributed by atoms with Crippen LogP contribution >= 0.6 is 0 Å². The lowest BCUT2D eigenvalue weighted by molar-refractivity contribution is -0.216. The lowest BCUT2D eigenvalue weighted by Gasteiger charge is -2.30. The number of likely N-dealkylation sites (tertiary alicyclic amines) is 1. The predicted molar refractivity (Wildman–Crippen MR) is 67.1 cm³/mol. The second-order valence-corrected chi connectivity index (χ2v) is 6.19. The molecule has 0 aromatic heterocycles. The van der Waals surface area contributed by atoms with E-state index in [1.807, 2.05) is 0 Å². The highest BCUT2D eigenvalue weighted by Crippen LogP contribution is 2.43. The van der Waals surface area contributed by atoms with Gasteiger partial charge >= 0.3 is 6.18 Å². The molecule has 114 valence electrons. The number of alkyl halides is 3. The number of nitrogens with one attached hydrogen (secondary N) is 2. The van der Waals surface area contributed by atoms with Crippen LogP contribution in [-0.4, -0.2) is 55.2 Å². The number of nitrogens with zero attached hydrogens (tertiary/aromatic N) is 1. The van der Waals surface area contributed by atoms with Gasteiger partial charge in [-0.3, -0.25) is 9.69 Å². The summed E-state index contributed by atoms with van der Waals surface area (Å²) < 4.78 is 39.7. The molecule has 0 aromatic carbocycles. The normalized spacial score (nSPS) is 35.5. The maximum absolute atomic E-state index is 13.2. The predicted octanol–water partition coefficient (Wildman–Crippen LogP) is 0.881. The number of rotatable bonds is 3. The molecular weight excluding hydrogens is 271 g/mol. The molecule has 3 aliphatic rings. The highest BCUT2D eigenvalue weighted by atomic mass is 19.4. The first-order chi connectivity index (χ1) is 9.42. The summed E-state index contributed by atoms with van der Waals surface area (Å²) in [7, 11) is 0. The van der Waals surface area contributed by atoms with Gasteiger partial charge in [-0.05, 0) is 32.2 Å². The molecule has 1 saturated carbocycles. The van der Waals surface area contributed by atoms with Crippen LogP contribution in [0, 0.1) is 5.41 Å². The van der Waals surface area contributed by atoms with Gasteiger partial charge in [0.15, 0.2) is 5.41 Å². The van der Waals surface area contributed by atoms with E-state index in [9.17, 15) is 18.0 Å². The van der Waals surface area contributed by atoms with Crippen molar-refractivity contribution in [3.05, 3.63) is 0 Å². The molecule has 2 aliphatic heterocycles. The molecule has 2 unspecified atom stereocenters. The van der Waals surface area contributed by atoms with Gasteiger partial charge < -0.3 is 10.6 Å². The number of hydrogen-bond acceptors (Lipinski definition) is 3. The fourth-order valence-electron chi connectivity index (χ4n) is 3.26. The molecule has 0 bridgehead atoms. The van der Waals surface area contributed by atoms with E-state index in [4.69, 9.17) is 0 Å². The van der Waals surface area contributed by atoms with Crippen molar-refractivity contribution in [3.8, 4) is 0 Å². The molecule has 20 heavy (non-hydrogen) atoms. The van der Waals surface area contributed by atoms with E-state index in [0.717, 1.165) is 13.0 Å². The van der Waals surface area contributed by atoms with Crippen molar-refractivity contribution in [3.63, 3.8) is 0 Å². The minimum Gasteiger partial charge on any atom is -0.351 e.